The summed E-state index contributed by atoms with van der Waals surface area (Å²) in [6, 6.07) is 11.2. The molecule has 32 heavy (non-hydrogen) atoms. The minimum absolute atomic E-state index is 0.0511. The van der Waals surface area contributed by atoms with Gasteiger partial charge in [0, 0.05) is 25.1 Å². The zero-order valence-electron chi connectivity index (χ0n) is 17.9. The van der Waals surface area contributed by atoms with E-state index in [1.807, 2.05) is 43.3 Å². The van der Waals surface area contributed by atoms with Gasteiger partial charge < -0.3 is 28.4 Å². The molecule has 0 aliphatic carbocycles. The van der Waals surface area contributed by atoms with Crippen LogP contribution < -0.4 is 18.9 Å². The minimum Gasteiger partial charge on any atom is -0.493 e. The lowest BCUT2D eigenvalue weighted by Gasteiger charge is -2.16. The molecule has 1 unspecified atom stereocenters. The molecule has 9 nitrogen and oxygen atoms in total. The predicted octanol–water partition coefficient (Wildman–Crippen LogP) is 3.39. The number of fused-ring (bicyclic) bond motifs is 1. The number of hydrogen-bond donors (Lipinski definition) is 0. The van der Waals surface area contributed by atoms with Crippen LogP contribution in [0.1, 0.15) is 30.7 Å². The lowest BCUT2D eigenvalue weighted by Crippen LogP contribution is -2.24. The van der Waals surface area contributed by atoms with Crippen molar-refractivity contribution in [1.82, 2.24) is 15.0 Å². The topological polar surface area (TPSA) is 96.2 Å². The second-order valence-electron chi connectivity index (χ2n) is 7.62. The van der Waals surface area contributed by atoms with Gasteiger partial charge in [-0.1, -0.05) is 11.2 Å². The van der Waals surface area contributed by atoms with Crippen LogP contribution >= 0.6 is 0 Å². The Hall–Kier alpha value is -3.75. The molecule has 3 aromatic rings. The van der Waals surface area contributed by atoms with Crippen LogP contribution in [0.15, 0.2) is 40.9 Å². The molecule has 0 bridgehead atoms. The lowest BCUT2D eigenvalue weighted by molar-refractivity contribution is -0.128. The highest BCUT2D eigenvalue weighted by molar-refractivity contribution is 5.79. The molecule has 1 aromatic heterocycles. The smallest absolute Gasteiger partial charge is 0.232 e. The summed E-state index contributed by atoms with van der Waals surface area (Å²) >= 11 is 0. The summed E-state index contributed by atoms with van der Waals surface area (Å²) in [7, 11) is 1.59. The summed E-state index contributed by atoms with van der Waals surface area (Å²) in [5.74, 6) is 3.49. The molecule has 9 heteroatoms. The number of methoxy groups -OCH3 is 1. The van der Waals surface area contributed by atoms with Crippen LogP contribution in [0.5, 0.6) is 23.0 Å². The first-order chi connectivity index (χ1) is 15.6. The molecular weight excluding hydrogens is 414 g/mol. The molecule has 1 fully saturated rings. The van der Waals surface area contributed by atoms with Crippen molar-refractivity contribution in [2.75, 3.05) is 27.1 Å². The van der Waals surface area contributed by atoms with Gasteiger partial charge in [0.1, 0.15) is 0 Å². The Morgan fingerprint density at radius 2 is 2.00 bits per heavy atom. The Balaban J connectivity index is 1.29. The highest BCUT2D eigenvalue weighted by atomic mass is 16.7. The third-order valence-electron chi connectivity index (χ3n) is 5.54. The maximum Gasteiger partial charge on any atom is 0.232 e. The predicted molar refractivity (Wildman–Crippen MR) is 113 cm³/mol. The van der Waals surface area contributed by atoms with Crippen LogP contribution in [0, 0.1) is 0 Å². The second-order valence-corrected chi connectivity index (χ2v) is 7.62. The van der Waals surface area contributed by atoms with E-state index in [-0.39, 0.29) is 18.6 Å². The van der Waals surface area contributed by atoms with Gasteiger partial charge in [-0.2, -0.15) is 4.98 Å². The zero-order valence-corrected chi connectivity index (χ0v) is 17.9. The van der Waals surface area contributed by atoms with Gasteiger partial charge in [0.15, 0.2) is 23.0 Å². The molecule has 1 saturated heterocycles. The summed E-state index contributed by atoms with van der Waals surface area (Å²) in [4.78, 5) is 18.9. The van der Waals surface area contributed by atoms with Crippen LogP contribution in [0.2, 0.25) is 0 Å². The third-order valence-corrected chi connectivity index (χ3v) is 5.54. The van der Waals surface area contributed by atoms with Crippen molar-refractivity contribution < 1.29 is 28.3 Å². The standard InChI is InChI=1S/C23H23N3O6/c1-3-29-17-7-5-15(9-19(17)28-2)22-24-23(32-25-22)16-10-21(27)26(12-16)11-14-4-6-18-20(8-14)31-13-30-18/h4-9,16H,3,10-13H2,1-2H3. The molecular formula is C23H23N3O6. The molecule has 2 aliphatic heterocycles. The number of carbonyl (C=O) groups is 1. The zero-order chi connectivity index (χ0) is 22.1. The van der Waals surface area contributed by atoms with Gasteiger partial charge in [-0.15, -0.1) is 0 Å². The van der Waals surface area contributed by atoms with Crippen LogP contribution in [0.4, 0.5) is 0 Å². The first-order valence-corrected chi connectivity index (χ1v) is 10.5. The number of hydrogen-bond acceptors (Lipinski definition) is 8. The van der Waals surface area contributed by atoms with Crippen molar-refractivity contribution in [1.29, 1.82) is 0 Å². The number of nitrogens with zero attached hydrogens (tertiary/aromatic N) is 3. The monoisotopic (exact) mass is 437 g/mol. The van der Waals surface area contributed by atoms with E-state index in [1.165, 1.54) is 0 Å². The van der Waals surface area contributed by atoms with E-state index < -0.39 is 0 Å². The first-order valence-electron chi connectivity index (χ1n) is 10.5. The molecule has 0 radical (unpaired) electrons. The molecule has 166 valence electrons. The number of carbonyl (C=O) groups excluding carboxylic acids is 1. The van der Waals surface area contributed by atoms with E-state index in [4.69, 9.17) is 23.5 Å². The summed E-state index contributed by atoms with van der Waals surface area (Å²) in [5.41, 5.74) is 1.73. The Labute approximate surface area is 184 Å². The van der Waals surface area contributed by atoms with Gasteiger partial charge in [-0.3, -0.25) is 4.79 Å². The molecule has 0 spiro atoms. The third kappa shape index (κ3) is 3.81. The van der Waals surface area contributed by atoms with Crippen LogP contribution in [-0.2, 0) is 11.3 Å². The second kappa shape index (κ2) is 8.41. The van der Waals surface area contributed by atoms with E-state index in [1.54, 1.807) is 12.0 Å². The molecule has 5 rings (SSSR count). The summed E-state index contributed by atoms with van der Waals surface area (Å²) in [6.07, 6.45) is 0.332. The fourth-order valence-corrected chi connectivity index (χ4v) is 3.95. The van der Waals surface area contributed by atoms with Crippen LogP contribution in [-0.4, -0.2) is 48.0 Å². The van der Waals surface area contributed by atoms with Gasteiger partial charge >= 0.3 is 0 Å². The van der Waals surface area contributed by atoms with Crippen molar-refractivity contribution in [3.8, 4) is 34.4 Å². The minimum atomic E-state index is -0.151. The SMILES string of the molecule is CCOc1ccc(-c2noc(C3CC(=O)N(Cc4ccc5c(c4)OCO5)C3)n2)cc1OC. The summed E-state index contributed by atoms with van der Waals surface area (Å²) < 4.78 is 27.2. The maximum absolute atomic E-state index is 12.6. The number of aromatic nitrogens is 2. The van der Waals surface area contributed by atoms with Gasteiger partial charge in [-0.25, -0.2) is 0 Å². The Morgan fingerprint density at radius 3 is 2.84 bits per heavy atom. The number of rotatable bonds is 7. The van der Waals surface area contributed by atoms with Gasteiger partial charge in [0.2, 0.25) is 24.4 Å². The normalized spacial score (nSPS) is 17.1. The molecule has 1 atom stereocenters. The average Bonchev–Trinajstić information content (AvgIpc) is 3.54. The van der Waals surface area contributed by atoms with Crippen LogP contribution in [0.3, 0.4) is 0 Å². The molecule has 0 saturated carbocycles. The summed E-state index contributed by atoms with van der Waals surface area (Å²) in [6.45, 7) is 3.69. The van der Waals surface area contributed by atoms with Crippen LogP contribution in [0.25, 0.3) is 11.4 Å². The highest BCUT2D eigenvalue weighted by Crippen LogP contribution is 2.35. The Kier molecular flexibility index (Phi) is 5.30. The van der Waals surface area contributed by atoms with E-state index in [9.17, 15) is 4.79 Å². The maximum atomic E-state index is 12.6. The molecule has 2 aromatic carbocycles. The van der Waals surface area contributed by atoms with Gasteiger partial charge in [-0.05, 0) is 42.8 Å². The molecule has 1 amide bonds. The number of ether oxygens (including phenoxy) is 4. The highest BCUT2D eigenvalue weighted by Gasteiger charge is 2.34. The van der Waals surface area contributed by atoms with E-state index in [0.29, 0.717) is 55.1 Å². The summed E-state index contributed by atoms with van der Waals surface area (Å²) in [5, 5.41) is 4.11. The Bertz CT molecular complexity index is 1140. The Morgan fingerprint density at radius 1 is 1.12 bits per heavy atom. The fourth-order valence-electron chi connectivity index (χ4n) is 3.95. The van der Waals surface area contributed by atoms with Crippen molar-refractivity contribution in [2.24, 2.45) is 0 Å². The van der Waals surface area contributed by atoms with E-state index in [0.717, 1.165) is 16.9 Å². The van der Waals surface area contributed by atoms with Gasteiger partial charge in [0.25, 0.3) is 0 Å². The van der Waals surface area contributed by atoms with E-state index in [2.05, 4.69) is 10.1 Å². The number of amides is 1. The quantitative estimate of drug-likeness (QED) is 0.555. The first kappa shape index (κ1) is 20.2. The number of benzene rings is 2. The fraction of sp³-hybridized carbons (Fsp3) is 0.348. The van der Waals surface area contributed by atoms with Crippen molar-refractivity contribution in [3.63, 3.8) is 0 Å². The van der Waals surface area contributed by atoms with Crippen molar-refractivity contribution in [3.05, 3.63) is 47.9 Å². The van der Waals surface area contributed by atoms with Crippen molar-refractivity contribution in [2.45, 2.75) is 25.8 Å². The van der Waals surface area contributed by atoms with Gasteiger partial charge in [0.05, 0.1) is 19.6 Å². The molecule has 3 heterocycles. The molecule has 2 aliphatic rings. The largest absolute Gasteiger partial charge is 0.493 e. The lowest BCUT2D eigenvalue weighted by atomic mass is 10.1. The molecule has 0 N–H and O–H groups in total. The van der Waals surface area contributed by atoms with Crippen molar-refractivity contribution >= 4 is 5.91 Å². The average molecular weight is 437 g/mol. The number of likely N-dealkylation sites (tertiary alicyclic amines) is 1. The van der Waals surface area contributed by atoms with E-state index >= 15 is 0 Å².